The predicted octanol–water partition coefficient (Wildman–Crippen LogP) is -1.88. The first-order valence-corrected chi connectivity index (χ1v) is 5.26. The third-order valence-corrected chi connectivity index (χ3v) is 2.18. The van der Waals surface area contributed by atoms with Crippen molar-refractivity contribution in [3.05, 3.63) is 33.3 Å². The summed E-state index contributed by atoms with van der Waals surface area (Å²) in [4.78, 5) is 9.60. The molecule has 1 rings (SSSR count). The summed E-state index contributed by atoms with van der Waals surface area (Å²) in [6.07, 6.45) is 0. The fourth-order valence-corrected chi connectivity index (χ4v) is 1.56. The molecule has 0 aliphatic carbocycles. The van der Waals surface area contributed by atoms with E-state index in [1.165, 1.54) is 0 Å². The predicted molar refractivity (Wildman–Crippen MR) is 51.4 cm³/mol. The minimum Gasteiger partial charge on any atom is -0.731 e. The van der Waals surface area contributed by atoms with Gasteiger partial charge >= 0.3 is 29.6 Å². The molecule has 0 saturated heterocycles. The van der Waals surface area contributed by atoms with Gasteiger partial charge in [-0.3, -0.25) is 14.8 Å². The molecule has 7 nitrogen and oxygen atoms in total. The Morgan fingerprint density at radius 1 is 1.38 bits per heavy atom. The van der Waals surface area contributed by atoms with Gasteiger partial charge in [0, 0.05) is 12.1 Å². The van der Waals surface area contributed by atoms with Crippen LogP contribution >= 0.6 is 11.6 Å². The summed E-state index contributed by atoms with van der Waals surface area (Å²) in [5.74, 6) is 0. The van der Waals surface area contributed by atoms with Crippen molar-refractivity contribution in [1.82, 2.24) is 0 Å². The molecule has 0 fully saturated rings. The fraction of sp³-hybridized carbons (Fsp3) is 0. The molecule has 82 valence electrons. The van der Waals surface area contributed by atoms with E-state index < -0.39 is 15.2 Å². The van der Waals surface area contributed by atoms with Crippen LogP contribution in [0.4, 0.5) is 11.4 Å². The van der Waals surface area contributed by atoms with Crippen LogP contribution in [-0.4, -0.2) is 17.9 Å². The molecule has 0 aromatic heterocycles. The number of rotatable bonds is 3. The first-order valence-electron chi connectivity index (χ1n) is 3.47. The number of hydrogen-bond acceptors (Lipinski definition) is 5. The first-order chi connectivity index (χ1) is 6.79. The maximum atomic E-state index is 10.3. The quantitative estimate of drug-likeness (QED) is 0.300. The summed E-state index contributed by atoms with van der Waals surface area (Å²) in [6, 6.07) is 3.00. The normalized spacial score (nSPS) is 10.4. The third-order valence-electron chi connectivity index (χ3n) is 1.40. The Kier molecular flexibility index (Phi) is 5.66. The van der Waals surface area contributed by atoms with Gasteiger partial charge in [0.15, 0.2) is 10.3 Å². The van der Waals surface area contributed by atoms with Gasteiger partial charge in [-0.15, -0.1) is 0 Å². The van der Waals surface area contributed by atoms with E-state index >= 15 is 0 Å². The van der Waals surface area contributed by atoms with Gasteiger partial charge in [-0.1, -0.05) is 11.6 Å². The van der Waals surface area contributed by atoms with Crippen molar-refractivity contribution >= 4 is 33.3 Å². The average Bonchev–Trinajstić information content (AvgIpc) is 2.05. The van der Waals surface area contributed by atoms with Crippen LogP contribution in [0.15, 0.2) is 18.2 Å². The number of anilines is 1. The summed E-state index contributed by atoms with van der Waals surface area (Å²) in [6.45, 7) is 0. The van der Waals surface area contributed by atoms with Crippen LogP contribution in [0.5, 0.6) is 0 Å². The zero-order valence-corrected chi connectivity index (χ0v) is 11.6. The zero-order valence-electron chi connectivity index (χ0n) is 8.01. The molecular formula is C6H4ClN2NaO5S. The molecule has 0 unspecified atom stereocenters. The Morgan fingerprint density at radius 3 is 2.31 bits per heavy atom. The van der Waals surface area contributed by atoms with Gasteiger partial charge in [0.25, 0.3) is 5.69 Å². The molecule has 10 heteroatoms. The third kappa shape index (κ3) is 4.64. The molecule has 0 aliphatic rings. The first kappa shape index (κ1) is 15.6. The SMILES string of the molecule is O=[N+]([O-])c1ccc(NS(=O)(=O)[O-])c(Cl)c1.[Na+]. The minimum atomic E-state index is -4.69. The second-order valence-corrected chi connectivity index (χ2v) is 4.00. The molecule has 0 aliphatic heterocycles. The summed E-state index contributed by atoms with van der Waals surface area (Å²) in [5, 5.41) is 10.1. The molecule has 0 heterocycles. The maximum absolute atomic E-state index is 10.3. The van der Waals surface area contributed by atoms with Crippen molar-refractivity contribution in [2.45, 2.75) is 0 Å². The largest absolute Gasteiger partial charge is 1.00 e. The van der Waals surface area contributed by atoms with Crippen molar-refractivity contribution in [3.63, 3.8) is 0 Å². The smallest absolute Gasteiger partial charge is 0.731 e. The Balaban J connectivity index is 0.00000225. The summed E-state index contributed by atoms with van der Waals surface area (Å²) >= 11 is 5.51. The molecule has 1 aromatic rings. The summed E-state index contributed by atoms with van der Waals surface area (Å²) in [5.41, 5.74) is -0.494. The second-order valence-electron chi connectivity index (χ2n) is 2.48. The Hall–Kier alpha value is -0.380. The number of non-ortho nitro benzene ring substituents is 1. The van der Waals surface area contributed by atoms with Gasteiger partial charge in [-0.2, -0.15) is 0 Å². The van der Waals surface area contributed by atoms with Gasteiger partial charge < -0.3 is 4.55 Å². The Bertz CT molecular complexity index is 506. The number of benzene rings is 1. The molecule has 16 heavy (non-hydrogen) atoms. The van der Waals surface area contributed by atoms with Crippen LogP contribution in [0.1, 0.15) is 0 Å². The minimum absolute atomic E-state index is 0. The molecule has 0 radical (unpaired) electrons. The summed E-state index contributed by atoms with van der Waals surface area (Å²) in [7, 11) is -4.69. The second kappa shape index (κ2) is 5.80. The number of halogens is 1. The standard InChI is InChI=1S/C6H5ClN2O5S.Na/c7-5-3-4(9(10)11)1-2-6(5)8-15(12,13)14;/h1-3,8H,(H,12,13,14);/q;+1/p-1. The van der Waals surface area contributed by atoms with Crippen LogP contribution in [0, 0.1) is 10.1 Å². The van der Waals surface area contributed by atoms with Gasteiger partial charge in [-0.25, -0.2) is 8.42 Å². The Morgan fingerprint density at radius 2 is 1.94 bits per heavy atom. The van der Waals surface area contributed by atoms with Crippen molar-refractivity contribution in [1.29, 1.82) is 0 Å². The van der Waals surface area contributed by atoms with E-state index in [9.17, 15) is 23.1 Å². The summed E-state index contributed by atoms with van der Waals surface area (Å²) < 4.78 is 32.5. The van der Waals surface area contributed by atoms with E-state index in [0.29, 0.717) is 0 Å². The van der Waals surface area contributed by atoms with Gasteiger partial charge in [0.2, 0.25) is 0 Å². The molecule has 0 amide bonds. The monoisotopic (exact) mass is 274 g/mol. The maximum Gasteiger partial charge on any atom is 1.00 e. The Labute approximate surface area is 118 Å². The molecule has 0 saturated carbocycles. The number of nitro benzene ring substituents is 1. The van der Waals surface area contributed by atoms with Crippen LogP contribution in [-0.2, 0) is 10.3 Å². The van der Waals surface area contributed by atoms with Crippen LogP contribution in [0.3, 0.4) is 0 Å². The van der Waals surface area contributed by atoms with E-state index in [4.69, 9.17) is 11.6 Å². The van der Waals surface area contributed by atoms with E-state index in [2.05, 4.69) is 0 Å². The van der Waals surface area contributed by atoms with Crippen molar-refractivity contribution < 1.29 is 47.5 Å². The van der Waals surface area contributed by atoms with Crippen molar-refractivity contribution in [3.8, 4) is 0 Å². The topological polar surface area (TPSA) is 112 Å². The molecule has 1 N–H and O–H groups in total. The van der Waals surface area contributed by atoms with Gasteiger partial charge in [0.05, 0.1) is 15.6 Å². The van der Waals surface area contributed by atoms with Gasteiger partial charge in [-0.05, 0) is 6.07 Å². The molecule has 0 bridgehead atoms. The van der Waals surface area contributed by atoms with Crippen molar-refractivity contribution in [2.75, 3.05) is 4.72 Å². The van der Waals surface area contributed by atoms with Crippen LogP contribution < -0.4 is 34.3 Å². The number of nitrogens with zero attached hydrogens (tertiary/aromatic N) is 1. The number of nitrogens with one attached hydrogen (secondary N) is 1. The number of nitro groups is 1. The molecule has 0 spiro atoms. The molecule has 1 aromatic carbocycles. The van der Waals surface area contributed by atoms with Crippen LogP contribution in [0.2, 0.25) is 5.02 Å². The van der Waals surface area contributed by atoms with Crippen LogP contribution in [0.25, 0.3) is 0 Å². The van der Waals surface area contributed by atoms with Gasteiger partial charge in [0.1, 0.15) is 0 Å². The molecule has 0 atom stereocenters. The van der Waals surface area contributed by atoms with Crippen molar-refractivity contribution in [2.24, 2.45) is 0 Å². The fourth-order valence-electron chi connectivity index (χ4n) is 0.835. The van der Waals surface area contributed by atoms with E-state index in [1.807, 2.05) is 0 Å². The van der Waals surface area contributed by atoms with E-state index in [0.717, 1.165) is 18.2 Å². The average molecular weight is 275 g/mol. The number of hydrogen-bond donors (Lipinski definition) is 1. The van der Waals surface area contributed by atoms with E-state index in [-0.39, 0.29) is 46.0 Å². The zero-order chi connectivity index (χ0) is 11.6. The van der Waals surface area contributed by atoms with E-state index in [1.54, 1.807) is 4.72 Å². The molecular weight excluding hydrogens is 271 g/mol.